The van der Waals surface area contributed by atoms with E-state index < -0.39 is 5.97 Å². The highest BCUT2D eigenvalue weighted by molar-refractivity contribution is 6.13. The van der Waals surface area contributed by atoms with Gasteiger partial charge in [0.1, 0.15) is 0 Å². The first-order valence-corrected chi connectivity index (χ1v) is 18.7. The van der Waals surface area contributed by atoms with Crippen molar-refractivity contribution in [3.8, 4) is 44.5 Å². The molecule has 0 heterocycles. The molecule has 256 valence electrons. The van der Waals surface area contributed by atoms with Crippen LogP contribution in [-0.2, 0) is 0 Å². The largest absolute Gasteiger partial charge is 0.478 e. The fourth-order valence-corrected chi connectivity index (χ4v) is 9.13. The Balaban J connectivity index is 1.50. The van der Waals surface area contributed by atoms with E-state index >= 15 is 0 Å². The standard InChI is InChI=1S/C53H32O2/c54-53(55)36-25-26-39-44(27-36)50-38-24-14-13-23-37(38)49(39)51-45-28-40(32-15-5-1-6-16-32)42(34-19-9-3-10-20-34)30-47(45)52(50)48-31-43(35-21-11-4-12-22-35)41(29-46(48)51)33-17-7-2-8-18-33/h1-31H,(H,54,55). The van der Waals surface area contributed by atoms with Gasteiger partial charge in [-0.15, -0.1) is 0 Å². The molecule has 2 nitrogen and oxygen atoms in total. The van der Waals surface area contributed by atoms with Gasteiger partial charge in [0.25, 0.3) is 0 Å². The van der Waals surface area contributed by atoms with E-state index in [1.807, 2.05) is 12.1 Å². The lowest BCUT2D eigenvalue weighted by atomic mass is 9.82. The average Bonchev–Trinajstić information content (AvgIpc) is 3.24. The van der Waals surface area contributed by atoms with Crippen LogP contribution in [0.25, 0.3) is 87.6 Å². The molecular formula is C53H32O2. The Morgan fingerprint density at radius 3 is 0.909 bits per heavy atom. The molecule has 4 aliphatic rings. The molecule has 0 aromatic heterocycles. The molecule has 4 bridgehead atoms. The molecule has 0 unspecified atom stereocenters. The van der Waals surface area contributed by atoms with Gasteiger partial charge in [0, 0.05) is 0 Å². The van der Waals surface area contributed by atoms with Gasteiger partial charge in [-0.1, -0.05) is 152 Å². The molecule has 0 spiro atoms. The maximum absolute atomic E-state index is 12.6. The highest BCUT2D eigenvalue weighted by Gasteiger charge is 2.22. The molecule has 55 heavy (non-hydrogen) atoms. The molecule has 0 saturated carbocycles. The van der Waals surface area contributed by atoms with Crippen LogP contribution in [0.5, 0.6) is 0 Å². The maximum Gasteiger partial charge on any atom is 0.335 e. The summed E-state index contributed by atoms with van der Waals surface area (Å²) in [5.41, 5.74) is 9.56. The normalized spacial score (nSPS) is 11.8. The molecule has 0 aliphatic heterocycles. The summed E-state index contributed by atoms with van der Waals surface area (Å²) in [4.78, 5) is 12.6. The Labute approximate surface area is 316 Å². The molecule has 0 amide bonds. The predicted molar refractivity (Wildman–Crippen MR) is 227 cm³/mol. The van der Waals surface area contributed by atoms with Crippen molar-refractivity contribution in [3.05, 3.63) is 214 Å². The summed E-state index contributed by atoms with van der Waals surface area (Å²) < 4.78 is 0. The second kappa shape index (κ2) is 12.1. The van der Waals surface area contributed by atoms with E-state index in [9.17, 15) is 9.90 Å². The SMILES string of the molecule is O=C(O)c1ccc2c3c4ccccc4c(c2c1)=c1c2cc(-c4ccccc4)c(-c4ccccc4)cc2c=3c2cc(-c3ccccc3)c(-c3ccccc3)cc12. The number of aromatic carboxylic acids is 1. The van der Waals surface area contributed by atoms with Gasteiger partial charge in [-0.2, -0.15) is 0 Å². The van der Waals surface area contributed by atoms with Crippen LogP contribution in [0, 0.1) is 20.9 Å². The quantitative estimate of drug-likeness (QED) is 0.182. The lowest BCUT2D eigenvalue weighted by Gasteiger charge is -2.21. The van der Waals surface area contributed by atoms with Gasteiger partial charge < -0.3 is 5.11 Å². The van der Waals surface area contributed by atoms with Crippen molar-refractivity contribution in [2.45, 2.75) is 0 Å². The average molecular weight is 701 g/mol. The molecule has 0 saturated heterocycles. The highest BCUT2D eigenvalue weighted by Crippen LogP contribution is 2.45. The van der Waals surface area contributed by atoms with Crippen molar-refractivity contribution in [3.63, 3.8) is 0 Å². The number of hydrogen-bond acceptors (Lipinski definition) is 1. The van der Waals surface area contributed by atoms with Gasteiger partial charge in [0.15, 0.2) is 0 Å². The van der Waals surface area contributed by atoms with E-state index in [1.165, 1.54) is 27.3 Å². The summed E-state index contributed by atoms with van der Waals surface area (Å²) >= 11 is 0. The van der Waals surface area contributed by atoms with Gasteiger partial charge in [0.05, 0.1) is 5.56 Å². The third kappa shape index (κ3) is 4.72. The van der Waals surface area contributed by atoms with Crippen LogP contribution in [0.1, 0.15) is 10.4 Å². The Hall–Kier alpha value is -7.29. The van der Waals surface area contributed by atoms with Gasteiger partial charge in [0.2, 0.25) is 0 Å². The van der Waals surface area contributed by atoms with E-state index in [0.29, 0.717) is 0 Å². The van der Waals surface area contributed by atoms with Crippen LogP contribution in [0.15, 0.2) is 188 Å². The molecule has 0 atom stereocenters. The number of hydrogen-bond donors (Lipinski definition) is 1. The molecule has 1 N–H and O–H groups in total. The zero-order valence-electron chi connectivity index (χ0n) is 29.8. The lowest BCUT2D eigenvalue weighted by Crippen LogP contribution is -2.00. The molecule has 14 rings (SSSR count). The summed E-state index contributed by atoms with van der Waals surface area (Å²) in [6, 6.07) is 66.7. The van der Waals surface area contributed by atoms with E-state index in [2.05, 4.69) is 170 Å². The zero-order chi connectivity index (χ0) is 36.6. The van der Waals surface area contributed by atoms with Gasteiger partial charge in [-0.25, -0.2) is 4.79 Å². The minimum absolute atomic E-state index is 0.284. The summed E-state index contributed by atoms with van der Waals surface area (Å²) in [6.45, 7) is 0. The fourth-order valence-electron chi connectivity index (χ4n) is 9.13. The zero-order valence-corrected chi connectivity index (χ0v) is 29.8. The van der Waals surface area contributed by atoms with E-state index in [4.69, 9.17) is 0 Å². The molecule has 2 heteroatoms. The molecule has 0 fully saturated rings. The van der Waals surface area contributed by atoms with Crippen LogP contribution in [0.4, 0.5) is 0 Å². The first-order valence-electron chi connectivity index (χ1n) is 18.7. The van der Waals surface area contributed by atoms with Gasteiger partial charge >= 0.3 is 5.97 Å². The Kier molecular flexibility index (Phi) is 6.89. The van der Waals surface area contributed by atoms with Crippen LogP contribution in [0.3, 0.4) is 0 Å². The predicted octanol–water partition coefficient (Wildman–Crippen LogP) is 13.6. The van der Waals surface area contributed by atoms with Crippen LogP contribution < -0.4 is 0 Å². The summed E-state index contributed by atoms with van der Waals surface area (Å²) in [5.74, 6) is -0.930. The van der Waals surface area contributed by atoms with E-state index in [0.717, 1.165) is 81.2 Å². The molecule has 10 aromatic rings. The summed E-state index contributed by atoms with van der Waals surface area (Å²) in [6.07, 6.45) is 0. The van der Waals surface area contributed by atoms with Crippen LogP contribution >= 0.6 is 0 Å². The third-order valence-corrected chi connectivity index (χ3v) is 11.5. The van der Waals surface area contributed by atoms with E-state index in [-0.39, 0.29) is 5.56 Å². The van der Waals surface area contributed by atoms with Crippen molar-refractivity contribution < 1.29 is 9.90 Å². The van der Waals surface area contributed by atoms with E-state index in [1.54, 1.807) is 6.07 Å². The molecule has 10 aromatic carbocycles. The van der Waals surface area contributed by atoms with Gasteiger partial charge in [-0.3, -0.25) is 0 Å². The number of rotatable bonds is 5. The monoisotopic (exact) mass is 700 g/mol. The van der Waals surface area contributed by atoms with Crippen molar-refractivity contribution in [1.82, 2.24) is 0 Å². The Morgan fingerprint density at radius 1 is 0.291 bits per heavy atom. The number of benzene rings is 10. The summed E-state index contributed by atoms with van der Waals surface area (Å²) in [5, 5.41) is 23.8. The second-order valence-electron chi connectivity index (χ2n) is 14.5. The third-order valence-electron chi connectivity index (χ3n) is 11.5. The first-order chi connectivity index (χ1) is 27.1. The van der Waals surface area contributed by atoms with Gasteiger partial charge in [-0.05, 0) is 145 Å². The van der Waals surface area contributed by atoms with Crippen molar-refractivity contribution >= 4 is 49.1 Å². The van der Waals surface area contributed by atoms with Crippen molar-refractivity contribution in [2.75, 3.05) is 0 Å². The Morgan fingerprint density at radius 2 is 0.564 bits per heavy atom. The molecular weight excluding hydrogens is 669 g/mol. The molecule has 4 aliphatic carbocycles. The molecule has 0 radical (unpaired) electrons. The topological polar surface area (TPSA) is 37.3 Å². The Bertz CT molecular complexity index is 3260. The smallest absolute Gasteiger partial charge is 0.335 e. The van der Waals surface area contributed by atoms with Crippen LogP contribution in [-0.4, -0.2) is 11.1 Å². The highest BCUT2D eigenvalue weighted by atomic mass is 16.4. The second-order valence-corrected chi connectivity index (χ2v) is 14.5. The minimum atomic E-state index is -0.930. The number of carboxylic acid groups (broad SMARTS) is 1. The van der Waals surface area contributed by atoms with Crippen molar-refractivity contribution in [1.29, 1.82) is 0 Å². The fraction of sp³-hybridized carbons (Fsp3) is 0. The first kappa shape index (κ1) is 31.3. The number of carboxylic acids is 1. The number of carbonyl (C=O) groups is 1. The minimum Gasteiger partial charge on any atom is -0.478 e. The van der Waals surface area contributed by atoms with Crippen LogP contribution in [0.2, 0.25) is 0 Å². The van der Waals surface area contributed by atoms with Crippen molar-refractivity contribution in [2.24, 2.45) is 0 Å². The summed E-state index contributed by atoms with van der Waals surface area (Å²) in [7, 11) is 0. The lowest BCUT2D eigenvalue weighted by molar-refractivity contribution is 0.0697. The maximum atomic E-state index is 12.6.